The number of aromatic nitrogens is 15. The van der Waals surface area contributed by atoms with Crippen LogP contribution >= 0.6 is 0 Å². The first-order valence-corrected chi connectivity index (χ1v) is 24.2. The molecule has 0 atom stereocenters. The number of fused-ring (bicyclic) bond motifs is 3. The van der Waals surface area contributed by atoms with Crippen LogP contribution in [0.1, 0.15) is 17.1 Å². The van der Waals surface area contributed by atoms with Gasteiger partial charge in [0.15, 0.2) is 0 Å². The van der Waals surface area contributed by atoms with Crippen molar-refractivity contribution in [1.82, 2.24) is 71.8 Å². The summed E-state index contributed by atoms with van der Waals surface area (Å²) in [5.41, 5.74) is 17.2. The fraction of sp³-hybridized carbons (Fsp3) is 0.167. The van der Waals surface area contributed by atoms with Crippen molar-refractivity contribution in [3.8, 4) is 67.9 Å². The molecule has 0 radical (unpaired) electrons. The first-order valence-electron chi connectivity index (χ1n) is 24.2. The molecule has 19 nitrogen and oxygen atoms in total. The third kappa shape index (κ3) is 11.3. The average Bonchev–Trinajstić information content (AvgIpc) is 4.35. The molecule has 0 fully saturated rings. The van der Waals surface area contributed by atoms with Gasteiger partial charge in [-0.05, 0) is 92.4 Å². The van der Waals surface area contributed by atoms with Gasteiger partial charge in [-0.25, -0.2) is 56.2 Å². The largest absolute Gasteiger partial charge is 0.383 e. The van der Waals surface area contributed by atoms with Crippen molar-refractivity contribution in [3.05, 3.63) is 181 Å². The molecule has 25 heteroatoms. The van der Waals surface area contributed by atoms with E-state index in [9.17, 15) is 36.5 Å². The van der Waals surface area contributed by atoms with E-state index in [0.29, 0.717) is 79.5 Å². The molecule has 12 heterocycles. The van der Waals surface area contributed by atoms with Crippen molar-refractivity contribution in [3.63, 3.8) is 0 Å². The highest BCUT2D eigenvalue weighted by Gasteiger charge is 2.24. The number of nitrogen functional groups attached to an aromatic ring is 1. The van der Waals surface area contributed by atoms with Crippen LogP contribution in [0.4, 0.5) is 38.0 Å². The zero-order valence-electron chi connectivity index (χ0n) is 42.1. The van der Waals surface area contributed by atoms with Crippen molar-refractivity contribution in [1.29, 1.82) is 0 Å². The first kappa shape index (κ1) is 52.4. The Morgan fingerprint density at radius 3 is 1.34 bits per heavy atom. The van der Waals surface area contributed by atoms with Gasteiger partial charge in [-0.1, -0.05) is 18.2 Å². The molecule has 0 saturated carbocycles. The normalized spacial score (nSPS) is 11.5. The predicted molar refractivity (Wildman–Crippen MR) is 282 cm³/mol. The number of hydrogen-bond acceptors (Lipinski definition) is 12. The molecule has 0 aliphatic carbocycles. The Balaban J connectivity index is 0.000000134. The van der Waals surface area contributed by atoms with E-state index in [1.165, 1.54) is 43.3 Å². The van der Waals surface area contributed by atoms with Gasteiger partial charge in [0.05, 0.1) is 79.0 Å². The lowest BCUT2D eigenvalue weighted by atomic mass is 10.1. The number of nitrogens with two attached hydrogens (primary N) is 1. The number of nitro groups is 1. The molecule has 0 aromatic carbocycles. The molecule has 12 aromatic rings. The van der Waals surface area contributed by atoms with E-state index in [1.807, 2.05) is 98.2 Å². The maximum atomic E-state index is 13.1. The number of anilines is 1. The quantitative estimate of drug-likeness (QED) is 0.0649. The Morgan fingerprint density at radius 2 is 0.911 bits per heavy atom. The van der Waals surface area contributed by atoms with Gasteiger partial charge in [0.2, 0.25) is 5.65 Å². The van der Waals surface area contributed by atoms with Crippen molar-refractivity contribution < 1.29 is 31.3 Å². The topological polar surface area (TPSA) is 213 Å². The first-order chi connectivity index (χ1) is 38.1. The summed E-state index contributed by atoms with van der Waals surface area (Å²) in [5, 5.41) is 11.2. The second-order valence-electron chi connectivity index (χ2n) is 17.9. The van der Waals surface area contributed by atoms with E-state index in [1.54, 1.807) is 53.3 Å². The maximum Gasteiger partial charge on any atom is 0.347 e. The van der Waals surface area contributed by atoms with Gasteiger partial charge in [-0.15, -0.1) is 0 Å². The zero-order valence-corrected chi connectivity index (χ0v) is 42.1. The number of rotatable bonds is 13. The summed E-state index contributed by atoms with van der Waals surface area (Å²) in [6.07, 6.45) is 7.99. The van der Waals surface area contributed by atoms with Gasteiger partial charge < -0.3 is 33.9 Å². The van der Waals surface area contributed by atoms with E-state index < -0.39 is 43.8 Å². The number of alkyl halides is 6. The monoisotopic (exact) mass is 1080 g/mol. The molecule has 79 heavy (non-hydrogen) atoms. The van der Waals surface area contributed by atoms with Crippen LogP contribution in [-0.2, 0) is 19.6 Å². The maximum absolute atomic E-state index is 13.1. The molecule has 0 unspecified atom stereocenters. The molecule has 400 valence electrons. The number of pyridine rings is 6. The Kier molecular flexibility index (Phi) is 14.8. The van der Waals surface area contributed by atoms with Crippen LogP contribution in [0.2, 0.25) is 0 Å². The van der Waals surface area contributed by atoms with Crippen LogP contribution in [0.15, 0.2) is 153 Å². The van der Waals surface area contributed by atoms with Gasteiger partial charge in [-0.2, -0.15) is 4.40 Å². The van der Waals surface area contributed by atoms with Crippen LogP contribution in [-0.4, -0.2) is 96.0 Å². The van der Waals surface area contributed by atoms with Crippen molar-refractivity contribution in [2.45, 2.75) is 59.7 Å². The highest BCUT2D eigenvalue weighted by Crippen LogP contribution is 2.35. The fourth-order valence-corrected chi connectivity index (χ4v) is 8.95. The van der Waals surface area contributed by atoms with Crippen molar-refractivity contribution in [2.75, 3.05) is 5.73 Å². The van der Waals surface area contributed by atoms with E-state index in [2.05, 4.69) is 44.9 Å². The third-order valence-electron chi connectivity index (χ3n) is 12.3. The minimum atomic E-state index is -2.59. The summed E-state index contributed by atoms with van der Waals surface area (Å²) in [7, 11) is 0. The number of hydrogen-bond donors (Lipinski definition) is 1. The second-order valence-corrected chi connectivity index (χ2v) is 17.9. The number of aryl methyl sites for hydroxylation is 3. The van der Waals surface area contributed by atoms with Gasteiger partial charge in [-0.3, -0.25) is 19.4 Å². The second kappa shape index (κ2) is 22.3. The predicted octanol–water partition coefficient (Wildman–Crippen LogP) is 11.0. The summed E-state index contributed by atoms with van der Waals surface area (Å²) >= 11 is 0. The molecule has 12 aromatic heterocycles. The summed E-state index contributed by atoms with van der Waals surface area (Å²) in [6, 6.07) is 27.1. The van der Waals surface area contributed by atoms with Gasteiger partial charge in [0, 0.05) is 64.6 Å². The van der Waals surface area contributed by atoms with Crippen molar-refractivity contribution >= 4 is 28.6 Å². The molecular weight excluding hydrogens is 1030 g/mol. The Labute approximate surface area is 444 Å². The number of imidazole rings is 6. The van der Waals surface area contributed by atoms with Gasteiger partial charge in [0.1, 0.15) is 46.6 Å². The Bertz CT molecular complexity index is 4140. The molecule has 0 bridgehead atoms. The van der Waals surface area contributed by atoms with Crippen LogP contribution in [0, 0.1) is 30.9 Å². The molecule has 0 aliphatic heterocycles. The molecule has 0 saturated heterocycles. The van der Waals surface area contributed by atoms with E-state index in [4.69, 9.17) is 5.73 Å². The highest BCUT2D eigenvalue weighted by atomic mass is 19.3. The minimum absolute atomic E-state index is 0.216. The van der Waals surface area contributed by atoms with Gasteiger partial charge >= 0.3 is 5.82 Å². The molecule has 12 rings (SSSR count). The minimum Gasteiger partial charge on any atom is -0.383 e. The zero-order chi connectivity index (χ0) is 55.5. The smallest absolute Gasteiger partial charge is 0.347 e. The summed E-state index contributed by atoms with van der Waals surface area (Å²) in [4.78, 5) is 49.5. The summed E-state index contributed by atoms with van der Waals surface area (Å²) in [5.74, 6) is 0.254. The van der Waals surface area contributed by atoms with Gasteiger partial charge in [0.25, 0.3) is 19.3 Å². The van der Waals surface area contributed by atoms with Crippen LogP contribution in [0.5, 0.6) is 0 Å². The summed E-state index contributed by atoms with van der Waals surface area (Å²) in [6.45, 7) is 4.15. The van der Waals surface area contributed by atoms with Crippen LogP contribution < -0.4 is 5.73 Å². The van der Waals surface area contributed by atoms with Crippen LogP contribution in [0.25, 0.3) is 84.9 Å². The lowest BCUT2D eigenvalue weighted by Crippen LogP contribution is -2.07. The average molecular weight is 1080 g/mol. The van der Waals surface area contributed by atoms with E-state index in [-0.39, 0.29) is 5.82 Å². The molecule has 0 amide bonds. The third-order valence-corrected chi connectivity index (χ3v) is 12.3. The number of halogens is 6. The van der Waals surface area contributed by atoms with Crippen molar-refractivity contribution in [2.24, 2.45) is 0 Å². The van der Waals surface area contributed by atoms with Crippen LogP contribution in [0.3, 0.4) is 0 Å². The number of nitrogens with zero attached hydrogens (tertiary/aromatic N) is 16. The van der Waals surface area contributed by atoms with E-state index in [0.717, 1.165) is 34.5 Å². The standard InChI is InChI=1S/C18H14F2N6O2.C18H16F2N6.C18H15F2N5/c1-11-3-2-4-13(23-11)17-18(24(10-22-17)9-14(19)20)12-5-6-15-21-7-16(26(27)28)25(15)8-12;1-11-3-2-4-13(24-11)17-18(25(10-23-17)9-14(19)20)12-5-6-16-22-7-15(21)26(16)8-12;1-12-3-2-4-14(23-12)17-18(25(11-22-17)10-15(19)20)13-5-6-16-21-7-8-24(16)9-13/h2-8,10,14H,9H2,1H3;2-8,10,14H,9,21H2,1H3;2-9,11,15H,10H2,1H3. The Morgan fingerprint density at radius 1 is 0.506 bits per heavy atom. The lowest BCUT2D eigenvalue weighted by molar-refractivity contribution is -0.390. The Hall–Kier alpha value is -10.1. The van der Waals surface area contributed by atoms with E-state index >= 15 is 0 Å². The SMILES string of the molecule is Cc1cccc(-c2ncn(CC(F)F)c2-c2ccc3ncc(N)n3c2)n1.Cc1cccc(-c2ncn(CC(F)F)c2-c2ccc3ncc([N+](=O)[O-])n3c2)n1.Cc1cccc(-c2ncn(CC(F)F)c2-c2ccc3nccn3c2)n1. The molecule has 0 aliphatic rings. The molecule has 2 N–H and O–H groups in total. The molecular formula is C54H45F6N17O2. The fourth-order valence-electron chi connectivity index (χ4n) is 8.95. The summed E-state index contributed by atoms with van der Waals surface area (Å²) < 4.78 is 87.5. The molecule has 0 spiro atoms. The highest BCUT2D eigenvalue weighted by molar-refractivity contribution is 5.80. The lowest BCUT2D eigenvalue weighted by Gasteiger charge is -2.11.